The van der Waals surface area contributed by atoms with E-state index in [0.717, 1.165) is 28.3 Å². The summed E-state index contributed by atoms with van der Waals surface area (Å²) in [5, 5.41) is 2.65. The van der Waals surface area contributed by atoms with Gasteiger partial charge in [-0.1, -0.05) is 83.9 Å². The SMILES string of the molecule is O=C(NC(C(=O)ON1C(=O)c2ccccc2C1=O)c1ccccc1F)OCC1c2ccccc2-c2ccccc21. The fourth-order valence-corrected chi connectivity index (χ4v) is 5.12. The molecule has 0 fully saturated rings. The number of ether oxygens (including phenoxy) is 1. The smallest absolute Gasteiger partial charge is 0.408 e. The molecule has 40 heavy (non-hydrogen) atoms. The largest absolute Gasteiger partial charge is 0.449 e. The lowest BCUT2D eigenvalue weighted by Crippen LogP contribution is -2.41. The van der Waals surface area contributed by atoms with Crippen LogP contribution in [0.25, 0.3) is 11.1 Å². The molecular weight excluding hydrogens is 515 g/mol. The number of fused-ring (bicyclic) bond motifs is 4. The van der Waals surface area contributed by atoms with E-state index in [1.807, 2.05) is 48.5 Å². The molecular formula is C31H21FN2O6. The molecule has 1 aliphatic carbocycles. The van der Waals surface area contributed by atoms with Crippen molar-refractivity contribution in [1.82, 2.24) is 10.4 Å². The number of amides is 3. The second-order valence-electron chi connectivity index (χ2n) is 9.29. The molecule has 9 heteroatoms. The lowest BCUT2D eigenvalue weighted by Gasteiger charge is -2.21. The topological polar surface area (TPSA) is 102 Å². The molecule has 1 N–H and O–H groups in total. The van der Waals surface area contributed by atoms with Crippen LogP contribution in [0.5, 0.6) is 0 Å². The maximum atomic E-state index is 14.7. The molecule has 0 saturated heterocycles. The molecule has 0 bridgehead atoms. The van der Waals surface area contributed by atoms with E-state index in [1.165, 1.54) is 30.3 Å². The van der Waals surface area contributed by atoms with E-state index in [9.17, 15) is 23.6 Å². The Morgan fingerprint density at radius 3 is 1.82 bits per heavy atom. The van der Waals surface area contributed by atoms with E-state index < -0.39 is 35.7 Å². The summed E-state index contributed by atoms with van der Waals surface area (Å²) in [6.07, 6.45) is -1.01. The summed E-state index contributed by atoms with van der Waals surface area (Å²) in [7, 11) is 0. The summed E-state index contributed by atoms with van der Waals surface area (Å²) in [6.45, 7) is -0.0443. The summed E-state index contributed by atoms with van der Waals surface area (Å²) < 4.78 is 20.3. The van der Waals surface area contributed by atoms with Gasteiger partial charge in [0.25, 0.3) is 11.8 Å². The number of hydroxylamine groups is 2. The van der Waals surface area contributed by atoms with Crippen LogP contribution in [-0.4, -0.2) is 35.5 Å². The standard InChI is InChI=1S/C31H21FN2O6/c32-26-16-8-7-15-24(26)27(30(37)40-34-28(35)22-13-5-6-14-23(22)29(34)36)33-31(38)39-17-25-20-11-3-1-9-18(20)19-10-2-4-12-21(19)25/h1-16,25,27H,17H2,(H,33,38). The summed E-state index contributed by atoms with van der Waals surface area (Å²) >= 11 is 0. The van der Waals surface area contributed by atoms with Crippen molar-refractivity contribution in [1.29, 1.82) is 0 Å². The van der Waals surface area contributed by atoms with Gasteiger partial charge in [0, 0.05) is 11.5 Å². The lowest BCUT2D eigenvalue weighted by molar-refractivity contribution is -0.171. The minimum Gasteiger partial charge on any atom is -0.449 e. The maximum Gasteiger partial charge on any atom is 0.408 e. The quantitative estimate of drug-likeness (QED) is 0.342. The maximum absolute atomic E-state index is 14.7. The van der Waals surface area contributed by atoms with Crippen LogP contribution in [0.3, 0.4) is 0 Å². The van der Waals surface area contributed by atoms with Gasteiger partial charge in [0.2, 0.25) is 0 Å². The first-order valence-corrected chi connectivity index (χ1v) is 12.5. The average Bonchev–Trinajstić information content (AvgIpc) is 3.42. The minimum absolute atomic E-state index is 0.0443. The van der Waals surface area contributed by atoms with Gasteiger partial charge in [0.15, 0.2) is 6.04 Å². The highest BCUT2D eigenvalue weighted by atomic mass is 19.1. The zero-order chi connectivity index (χ0) is 27.8. The first-order valence-electron chi connectivity index (χ1n) is 12.5. The van der Waals surface area contributed by atoms with Crippen LogP contribution in [0.15, 0.2) is 97.1 Å². The second-order valence-corrected chi connectivity index (χ2v) is 9.29. The fourth-order valence-electron chi connectivity index (χ4n) is 5.12. The van der Waals surface area contributed by atoms with Crippen LogP contribution >= 0.6 is 0 Å². The Morgan fingerprint density at radius 1 is 0.750 bits per heavy atom. The molecule has 0 saturated carbocycles. The minimum atomic E-state index is -1.71. The van der Waals surface area contributed by atoms with Crippen molar-refractivity contribution < 1.29 is 33.1 Å². The van der Waals surface area contributed by atoms with Gasteiger partial charge in [-0.3, -0.25) is 9.59 Å². The van der Waals surface area contributed by atoms with Crippen molar-refractivity contribution >= 4 is 23.9 Å². The van der Waals surface area contributed by atoms with Crippen molar-refractivity contribution in [3.8, 4) is 11.1 Å². The molecule has 2 aliphatic rings. The molecule has 4 aromatic rings. The number of nitrogens with zero attached hydrogens (tertiary/aromatic N) is 1. The van der Waals surface area contributed by atoms with Crippen LogP contribution in [0.1, 0.15) is 49.4 Å². The first kappa shape index (κ1) is 25.0. The average molecular weight is 537 g/mol. The highest BCUT2D eigenvalue weighted by Gasteiger charge is 2.41. The van der Waals surface area contributed by atoms with Crippen molar-refractivity contribution in [2.24, 2.45) is 0 Å². The number of carbonyl (C=O) groups is 4. The zero-order valence-corrected chi connectivity index (χ0v) is 20.9. The third-order valence-corrected chi connectivity index (χ3v) is 7.00. The third-order valence-electron chi connectivity index (χ3n) is 7.00. The molecule has 3 amide bonds. The molecule has 1 heterocycles. The highest BCUT2D eigenvalue weighted by molar-refractivity contribution is 6.21. The van der Waals surface area contributed by atoms with E-state index >= 15 is 0 Å². The van der Waals surface area contributed by atoms with E-state index in [2.05, 4.69) is 5.32 Å². The van der Waals surface area contributed by atoms with Crippen LogP contribution < -0.4 is 5.32 Å². The lowest BCUT2D eigenvalue weighted by atomic mass is 9.98. The van der Waals surface area contributed by atoms with Gasteiger partial charge < -0.3 is 14.9 Å². The molecule has 0 spiro atoms. The first-order chi connectivity index (χ1) is 19.4. The predicted molar refractivity (Wildman–Crippen MR) is 140 cm³/mol. The number of carbonyl (C=O) groups excluding carboxylic acids is 4. The number of benzene rings is 4. The normalized spacial score (nSPS) is 14.3. The van der Waals surface area contributed by atoms with Crippen molar-refractivity contribution in [2.75, 3.05) is 6.61 Å². The number of halogens is 1. The molecule has 1 atom stereocenters. The molecule has 1 unspecified atom stereocenters. The van der Waals surface area contributed by atoms with Crippen LogP contribution in [-0.2, 0) is 14.4 Å². The molecule has 8 nitrogen and oxygen atoms in total. The number of imide groups is 1. The van der Waals surface area contributed by atoms with Gasteiger partial charge in [-0.25, -0.2) is 14.0 Å². The Labute approximate surface area is 227 Å². The van der Waals surface area contributed by atoms with Gasteiger partial charge in [-0.2, -0.15) is 0 Å². The molecule has 1 aliphatic heterocycles. The van der Waals surface area contributed by atoms with Crippen molar-refractivity contribution in [3.63, 3.8) is 0 Å². The molecule has 198 valence electrons. The van der Waals surface area contributed by atoms with E-state index in [-0.39, 0.29) is 29.2 Å². The Balaban J connectivity index is 1.21. The fraction of sp³-hybridized carbons (Fsp3) is 0.0968. The summed E-state index contributed by atoms with van der Waals surface area (Å²) in [4.78, 5) is 56.7. The van der Waals surface area contributed by atoms with Gasteiger partial charge in [-0.15, -0.1) is 0 Å². The predicted octanol–water partition coefficient (Wildman–Crippen LogP) is 5.16. The van der Waals surface area contributed by atoms with E-state index in [0.29, 0.717) is 5.06 Å². The third kappa shape index (κ3) is 4.27. The van der Waals surface area contributed by atoms with Crippen molar-refractivity contribution in [3.05, 3.63) is 131 Å². The summed E-state index contributed by atoms with van der Waals surface area (Å²) in [5.41, 5.74) is 3.97. The highest BCUT2D eigenvalue weighted by Crippen LogP contribution is 2.44. The number of hydrogen-bond donors (Lipinski definition) is 1. The van der Waals surface area contributed by atoms with Gasteiger partial charge in [-0.05, 0) is 40.5 Å². The number of alkyl carbamates (subject to hydrolysis) is 1. The Morgan fingerprint density at radius 2 is 1.25 bits per heavy atom. The summed E-state index contributed by atoms with van der Waals surface area (Å²) in [6, 6.07) is 25.1. The van der Waals surface area contributed by atoms with Crippen LogP contribution in [0.4, 0.5) is 9.18 Å². The molecule has 4 aromatic carbocycles. The van der Waals surface area contributed by atoms with Crippen LogP contribution in [0, 0.1) is 5.82 Å². The molecule has 0 aromatic heterocycles. The second kappa shape index (κ2) is 10.1. The monoisotopic (exact) mass is 536 g/mol. The van der Waals surface area contributed by atoms with Crippen molar-refractivity contribution in [2.45, 2.75) is 12.0 Å². The van der Waals surface area contributed by atoms with E-state index in [1.54, 1.807) is 12.1 Å². The molecule has 6 rings (SSSR count). The number of hydrogen-bond acceptors (Lipinski definition) is 6. The number of nitrogens with one attached hydrogen (secondary N) is 1. The van der Waals surface area contributed by atoms with Gasteiger partial charge in [0.1, 0.15) is 12.4 Å². The molecule has 0 radical (unpaired) electrons. The van der Waals surface area contributed by atoms with Gasteiger partial charge >= 0.3 is 12.1 Å². The number of rotatable bonds is 6. The van der Waals surface area contributed by atoms with Gasteiger partial charge in [0.05, 0.1) is 11.1 Å². The Kier molecular flexibility index (Phi) is 6.31. The zero-order valence-electron chi connectivity index (χ0n) is 20.9. The van der Waals surface area contributed by atoms with E-state index in [4.69, 9.17) is 9.57 Å². The Bertz CT molecular complexity index is 1610. The van der Waals surface area contributed by atoms with Crippen LogP contribution in [0.2, 0.25) is 0 Å². The Hall–Kier alpha value is -5.31. The summed E-state index contributed by atoms with van der Waals surface area (Å²) in [5.74, 6) is -3.97.